The van der Waals surface area contributed by atoms with Crippen molar-refractivity contribution in [3.63, 3.8) is 0 Å². The van der Waals surface area contributed by atoms with Crippen LogP contribution in [0, 0.1) is 11.8 Å². The van der Waals surface area contributed by atoms with Gasteiger partial charge >= 0.3 is 5.69 Å². The summed E-state index contributed by atoms with van der Waals surface area (Å²) < 4.78 is 3.36. The molecule has 1 aromatic rings. The summed E-state index contributed by atoms with van der Waals surface area (Å²) in [5.74, 6) is 6.76. The summed E-state index contributed by atoms with van der Waals surface area (Å²) in [5.41, 5.74) is 0.00119. The molecule has 1 saturated heterocycles. The smallest absolute Gasteiger partial charge is 0.330 e. The minimum absolute atomic E-state index is 0.00119. The quantitative estimate of drug-likeness (QED) is 0.709. The molecule has 0 amide bonds. The highest BCUT2D eigenvalue weighted by Gasteiger charge is 2.17. The summed E-state index contributed by atoms with van der Waals surface area (Å²) >= 11 is 0. The molecule has 0 bridgehead atoms. The van der Waals surface area contributed by atoms with Gasteiger partial charge in [0.1, 0.15) is 5.82 Å². The molecule has 0 aromatic carbocycles. The first-order valence-electron chi connectivity index (χ1n) is 5.85. The maximum atomic E-state index is 12.0. The first-order valence-corrected chi connectivity index (χ1v) is 5.85. The molecular formula is C12H18N4O. The second-order valence-electron chi connectivity index (χ2n) is 4.13. The average molecular weight is 234 g/mol. The molecule has 1 aliphatic heterocycles. The highest BCUT2D eigenvalue weighted by molar-refractivity contribution is 5.39. The Morgan fingerprint density at radius 3 is 2.76 bits per heavy atom. The van der Waals surface area contributed by atoms with Crippen LogP contribution in [0.5, 0.6) is 0 Å². The third kappa shape index (κ3) is 2.37. The second-order valence-corrected chi connectivity index (χ2v) is 4.13. The van der Waals surface area contributed by atoms with Crippen LogP contribution < -0.4 is 15.9 Å². The standard InChI is InChI=1S/C12H18N4O/c1-3-4-7-16-11(10-14(2)12(16)17)15-8-5-13-6-9-15/h10,13H,5-9H2,1-2H3. The Balaban J connectivity index is 2.33. The van der Waals surface area contributed by atoms with Gasteiger partial charge in [-0.3, -0.25) is 4.57 Å². The summed E-state index contributed by atoms with van der Waals surface area (Å²) in [5, 5.41) is 3.30. The summed E-state index contributed by atoms with van der Waals surface area (Å²) in [6.07, 6.45) is 1.89. The van der Waals surface area contributed by atoms with Crippen LogP contribution in [-0.2, 0) is 13.6 Å². The molecule has 0 radical (unpaired) electrons. The van der Waals surface area contributed by atoms with Gasteiger partial charge in [-0.2, -0.15) is 0 Å². The Morgan fingerprint density at radius 1 is 1.41 bits per heavy atom. The van der Waals surface area contributed by atoms with E-state index < -0.39 is 0 Å². The van der Waals surface area contributed by atoms with Crippen molar-refractivity contribution in [2.75, 3.05) is 31.1 Å². The van der Waals surface area contributed by atoms with Crippen LogP contribution in [0.1, 0.15) is 6.92 Å². The Labute approximate surface area is 101 Å². The monoisotopic (exact) mass is 234 g/mol. The van der Waals surface area contributed by atoms with E-state index in [1.165, 1.54) is 0 Å². The lowest BCUT2D eigenvalue weighted by Gasteiger charge is -2.29. The highest BCUT2D eigenvalue weighted by Crippen LogP contribution is 2.12. The molecule has 2 heterocycles. The van der Waals surface area contributed by atoms with Crippen LogP contribution in [0.2, 0.25) is 0 Å². The summed E-state index contributed by atoms with van der Waals surface area (Å²) in [6.45, 7) is 6.05. The summed E-state index contributed by atoms with van der Waals surface area (Å²) in [4.78, 5) is 14.2. The maximum Gasteiger partial charge on any atom is 0.330 e. The Bertz CT molecular complexity index is 497. The highest BCUT2D eigenvalue weighted by atomic mass is 16.1. The zero-order chi connectivity index (χ0) is 12.3. The maximum absolute atomic E-state index is 12.0. The van der Waals surface area contributed by atoms with Crippen LogP contribution in [0.25, 0.3) is 0 Å². The third-order valence-electron chi connectivity index (χ3n) is 2.97. The number of nitrogens with zero attached hydrogens (tertiary/aromatic N) is 3. The van der Waals surface area contributed by atoms with Gasteiger partial charge in [-0.15, -0.1) is 5.92 Å². The fraction of sp³-hybridized carbons (Fsp3) is 0.583. The van der Waals surface area contributed by atoms with Crippen LogP contribution in [0.15, 0.2) is 11.0 Å². The zero-order valence-corrected chi connectivity index (χ0v) is 10.4. The number of aromatic nitrogens is 2. The fourth-order valence-corrected chi connectivity index (χ4v) is 2.04. The molecule has 5 heteroatoms. The second kappa shape index (κ2) is 5.11. The molecule has 0 atom stereocenters. The van der Waals surface area contributed by atoms with E-state index in [4.69, 9.17) is 0 Å². The van der Waals surface area contributed by atoms with E-state index in [9.17, 15) is 4.79 Å². The Hall–Kier alpha value is -1.67. The van der Waals surface area contributed by atoms with Gasteiger partial charge < -0.3 is 14.8 Å². The van der Waals surface area contributed by atoms with Crippen molar-refractivity contribution in [3.05, 3.63) is 16.7 Å². The van der Waals surface area contributed by atoms with Gasteiger partial charge in [0.15, 0.2) is 0 Å². The number of rotatable bonds is 2. The zero-order valence-electron chi connectivity index (χ0n) is 10.4. The summed E-state index contributed by atoms with van der Waals surface area (Å²) in [7, 11) is 1.78. The van der Waals surface area contributed by atoms with Crippen LogP contribution in [0.4, 0.5) is 5.82 Å². The van der Waals surface area contributed by atoms with Crippen LogP contribution >= 0.6 is 0 Å². The van der Waals surface area contributed by atoms with Gasteiger partial charge in [-0.05, 0) is 6.92 Å². The first kappa shape index (κ1) is 11.8. The number of nitrogens with one attached hydrogen (secondary N) is 1. The predicted molar refractivity (Wildman–Crippen MR) is 68.2 cm³/mol. The minimum Gasteiger partial charge on any atom is -0.354 e. The molecule has 1 aromatic heterocycles. The van der Waals surface area contributed by atoms with Gasteiger partial charge in [-0.25, -0.2) is 4.79 Å². The molecule has 1 fully saturated rings. The largest absolute Gasteiger partial charge is 0.354 e. The molecule has 1 aliphatic rings. The number of piperazine rings is 1. The minimum atomic E-state index is 0.00119. The van der Waals surface area contributed by atoms with Crippen molar-refractivity contribution in [1.29, 1.82) is 0 Å². The van der Waals surface area contributed by atoms with Crippen LogP contribution in [-0.4, -0.2) is 35.3 Å². The number of imidazole rings is 1. The van der Waals surface area contributed by atoms with Crippen molar-refractivity contribution in [2.45, 2.75) is 13.5 Å². The first-order chi connectivity index (χ1) is 8.24. The molecule has 0 spiro atoms. The summed E-state index contributed by atoms with van der Waals surface area (Å²) in [6, 6.07) is 0. The fourth-order valence-electron chi connectivity index (χ4n) is 2.04. The van der Waals surface area contributed by atoms with Crippen molar-refractivity contribution < 1.29 is 0 Å². The van der Waals surface area contributed by atoms with E-state index in [0.29, 0.717) is 6.54 Å². The van der Waals surface area contributed by atoms with E-state index in [-0.39, 0.29) is 5.69 Å². The number of hydrogen-bond donors (Lipinski definition) is 1. The van der Waals surface area contributed by atoms with Gasteiger partial charge in [0.05, 0.1) is 6.54 Å². The lowest BCUT2D eigenvalue weighted by atomic mass is 10.3. The Kier molecular flexibility index (Phi) is 3.55. The lowest BCUT2D eigenvalue weighted by molar-refractivity contribution is 0.575. The van der Waals surface area contributed by atoms with Gasteiger partial charge in [0.2, 0.25) is 0 Å². The van der Waals surface area contributed by atoms with Crippen molar-refractivity contribution in [3.8, 4) is 11.8 Å². The topological polar surface area (TPSA) is 42.2 Å². The SMILES string of the molecule is CC#CCn1c(N2CCNCC2)cn(C)c1=O. The number of hydrogen-bond acceptors (Lipinski definition) is 3. The van der Waals surface area contributed by atoms with Gasteiger partial charge in [0, 0.05) is 39.4 Å². The molecule has 17 heavy (non-hydrogen) atoms. The van der Waals surface area contributed by atoms with Gasteiger partial charge in [0.25, 0.3) is 0 Å². The van der Waals surface area contributed by atoms with E-state index in [2.05, 4.69) is 22.1 Å². The van der Waals surface area contributed by atoms with E-state index in [1.807, 2.05) is 6.20 Å². The normalized spacial score (nSPS) is 15.5. The molecular weight excluding hydrogens is 216 g/mol. The van der Waals surface area contributed by atoms with Crippen molar-refractivity contribution in [2.24, 2.45) is 7.05 Å². The molecule has 2 rings (SSSR count). The molecule has 0 saturated carbocycles. The predicted octanol–water partition coefficient (Wildman–Crippen LogP) is -0.380. The average Bonchev–Trinajstić information content (AvgIpc) is 2.65. The molecule has 1 N–H and O–H groups in total. The van der Waals surface area contributed by atoms with Crippen molar-refractivity contribution >= 4 is 5.82 Å². The molecule has 0 unspecified atom stereocenters. The number of anilines is 1. The number of aryl methyl sites for hydroxylation is 1. The van der Waals surface area contributed by atoms with E-state index in [0.717, 1.165) is 32.0 Å². The lowest BCUT2D eigenvalue weighted by Crippen LogP contribution is -2.44. The molecule has 92 valence electrons. The third-order valence-corrected chi connectivity index (χ3v) is 2.97. The molecule has 0 aliphatic carbocycles. The van der Waals surface area contributed by atoms with Crippen LogP contribution in [0.3, 0.4) is 0 Å². The van der Waals surface area contributed by atoms with E-state index >= 15 is 0 Å². The molecule has 5 nitrogen and oxygen atoms in total. The Morgan fingerprint density at radius 2 is 2.12 bits per heavy atom. The van der Waals surface area contributed by atoms with Crippen molar-refractivity contribution in [1.82, 2.24) is 14.5 Å². The van der Waals surface area contributed by atoms with E-state index in [1.54, 1.807) is 23.1 Å². The van der Waals surface area contributed by atoms with Gasteiger partial charge in [-0.1, -0.05) is 5.92 Å².